The molecule has 0 amide bonds. The molecule has 0 saturated carbocycles. The van der Waals surface area contributed by atoms with Gasteiger partial charge in [-0.3, -0.25) is 4.90 Å². The molecule has 5 heteroatoms. The van der Waals surface area contributed by atoms with Crippen molar-refractivity contribution in [3.63, 3.8) is 0 Å². The zero-order chi connectivity index (χ0) is 11.5. The lowest BCUT2D eigenvalue weighted by molar-refractivity contribution is 0.0769. The predicted molar refractivity (Wildman–Crippen MR) is 75.5 cm³/mol. The molecule has 1 fully saturated rings. The van der Waals surface area contributed by atoms with Crippen molar-refractivity contribution >= 4 is 39.0 Å². The van der Waals surface area contributed by atoms with E-state index < -0.39 is 0 Å². The lowest BCUT2D eigenvalue weighted by Crippen LogP contribution is -2.47. The van der Waals surface area contributed by atoms with Crippen LogP contribution in [0.4, 0.5) is 0 Å². The third-order valence-electron chi connectivity index (χ3n) is 2.92. The molecular weight excluding hydrogens is 306 g/mol. The second-order valence-corrected chi connectivity index (χ2v) is 7.19. The van der Waals surface area contributed by atoms with Gasteiger partial charge in [0, 0.05) is 45.2 Å². The number of halogens is 1. The Kier molecular flexibility index (Phi) is 4.73. The summed E-state index contributed by atoms with van der Waals surface area (Å²) in [6, 6.07) is 2.41. The summed E-state index contributed by atoms with van der Waals surface area (Å²) in [6.07, 6.45) is 0.523. The van der Waals surface area contributed by atoms with Crippen LogP contribution < -0.4 is 0 Å². The Hall–Kier alpha value is 0.450. The van der Waals surface area contributed by atoms with Gasteiger partial charge < -0.3 is 5.11 Å². The number of hydrogen-bond acceptors (Lipinski definition) is 4. The topological polar surface area (TPSA) is 23.5 Å². The maximum atomic E-state index is 10.2. The Labute approximate surface area is 113 Å². The second kappa shape index (κ2) is 5.87. The molecular formula is C11H16BrNOS2. The van der Waals surface area contributed by atoms with Crippen LogP contribution in [0, 0.1) is 0 Å². The predicted octanol–water partition coefficient (Wildman–Crippen LogP) is 2.46. The van der Waals surface area contributed by atoms with Gasteiger partial charge in [0.05, 0.1) is 6.10 Å². The molecule has 16 heavy (non-hydrogen) atoms. The van der Waals surface area contributed by atoms with Crippen molar-refractivity contribution in [1.29, 1.82) is 0 Å². The molecule has 2 atom stereocenters. The van der Waals surface area contributed by atoms with Gasteiger partial charge >= 0.3 is 0 Å². The Morgan fingerprint density at radius 2 is 2.50 bits per heavy atom. The summed E-state index contributed by atoms with van der Waals surface area (Å²) in [5.41, 5.74) is 0. The number of thiophene rings is 1. The normalized spacial score (nSPS) is 24.6. The smallest absolute Gasteiger partial charge is 0.0751 e. The molecule has 1 aromatic heterocycles. The molecule has 2 rings (SSSR count). The van der Waals surface area contributed by atoms with Crippen LogP contribution in [0.5, 0.6) is 0 Å². The minimum absolute atomic E-state index is 0.247. The summed E-state index contributed by atoms with van der Waals surface area (Å²) in [5.74, 6) is 2.23. The summed E-state index contributed by atoms with van der Waals surface area (Å²) < 4.78 is 1.12. The van der Waals surface area contributed by atoms with Gasteiger partial charge in [0.2, 0.25) is 0 Å². The SMILES string of the molecule is CN1CCSCC1C(O)Cc1cc(Br)cs1. The third kappa shape index (κ3) is 3.23. The van der Waals surface area contributed by atoms with E-state index in [1.807, 2.05) is 11.8 Å². The molecule has 2 nitrogen and oxygen atoms in total. The van der Waals surface area contributed by atoms with Crippen LogP contribution in [0.15, 0.2) is 15.9 Å². The molecule has 0 spiro atoms. The van der Waals surface area contributed by atoms with Crippen molar-refractivity contribution in [2.45, 2.75) is 18.6 Å². The Morgan fingerprint density at radius 1 is 1.69 bits per heavy atom. The zero-order valence-electron chi connectivity index (χ0n) is 9.23. The largest absolute Gasteiger partial charge is 0.391 e. The zero-order valence-corrected chi connectivity index (χ0v) is 12.4. The van der Waals surface area contributed by atoms with Crippen LogP contribution in [-0.4, -0.2) is 47.3 Å². The molecule has 0 radical (unpaired) electrons. The Balaban J connectivity index is 1.93. The Bertz CT molecular complexity index is 344. The maximum Gasteiger partial charge on any atom is 0.0751 e. The summed E-state index contributed by atoms with van der Waals surface area (Å²) in [7, 11) is 2.11. The van der Waals surface area contributed by atoms with Crippen LogP contribution in [0.1, 0.15) is 4.88 Å². The molecule has 1 aliphatic rings. The average molecular weight is 322 g/mol. The van der Waals surface area contributed by atoms with E-state index in [1.165, 1.54) is 10.6 Å². The minimum atomic E-state index is -0.247. The molecule has 2 unspecified atom stereocenters. The lowest BCUT2D eigenvalue weighted by Gasteiger charge is -2.35. The highest BCUT2D eigenvalue weighted by Gasteiger charge is 2.26. The molecule has 1 N–H and O–H groups in total. The highest BCUT2D eigenvalue weighted by Crippen LogP contribution is 2.24. The summed E-state index contributed by atoms with van der Waals surface area (Å²) in [5, 5.41) is 12.3. The molecule has 1 saturated heterocycles. The van der Waals surface area contributed by atoms with Crippen LogP contribution in [0.25, 0.3) is 0 Å². The molecule has 0 bridgehead atoms. The van der Waals surface area contributed by atoms with Gasteiger partial charge in [-0.15, -0.1) is 11.3 Å². The number of nitrogens with zero attached hydrogens (tertiary/aromatic N) is 1. The third-order valence-corrected chi connectivity index (χ3v) is 5.69. The lowest BCUT2D eigenvalue weighted by atomic mass is 10.1. The summed E-state index contributed by atoms with van der Waals surface area (Å²) in [6.45, 7) is 1.08. The maximum absolute atomic E-state index is 10.2. The Morgan fingerprint density at radius 3 is 3.12 bits per heavy atom. The number of hydrogen-bond donors (Lipinski definition) is 1. The number of aliphatic hydroxyl groups is 1. The van der Waals surface area contributed by atoms with E-state index in [-0.39, 0.29) is 6.10 Å². The number of likely N-dealkylation sites (N-methyl/N-ethyl adjacent to an activating group) is 1. The van der Waals surface area contributed by atoms with Gasteiger partial charge in [-0.1, -0.05) is 0 Å². The van der Waals surface area contributed by atoms with E-state index in [2.05, 4.69) is 39.3 Å². The van der Waals surface area contributed by atoms with Crippen LogP contribution in [0.3, 0.4) is 0 Å². The first-order valence-electron chi connectivity index (χ1n) is 5.36. The molecule has 0 aromatic carbocycles. The number of aliphatic hydroxyl groups excluding tert-OH is 1. The number of rotatable bonds is 3. The average Bonchev–Trinajstić information content (AvgIpc) is 2.64. The monoisotopic (exact) mass is 321 g/mol. The second-order valence-electron chi connectivity index (χ2n) is 4.13. The van der Waals surface area contributed by atoms with Crippen molar-refractivity contribution in [1.82, 2.24) is 4.90 Å². The van der Waals surface area contributed by atoms with Crippen LogP contribution in [-0.2, 0) is 6.42 Å². The molecule has 1 aliphatic heterocycles. The first-order valence-corrected chi connectivity index (χ1v) is 8.18. The van der Waals surface area contributed by atoms with Gasteiger partial charge in [0.15, 0.2) is 0 Å². The van der Waals surface area contributed by atoms with Crippen LogP contribution in [0.2, 0.25) is 0 Å². The quantitative estimate of drug-likeness (QED) is 0.925. The van der Waals surface area contributed by atoms with Crippen LogP contribution >= 0.6 is 39.0 Å². The fourth-order valence-corrected chi connectivity index (χ4v) is 4.72. The highest BCUT2D eigenvalue weighted by molar-refractivity contribution is 9.10. The van der Waals surface area contributed by atoms with Gasteiger partial charge in [0.25, 0.3) is 0 Å². The van der Waals surface area contributed by atoms with Crippen molar-refractivity contribution in [2.24, 2.45) is 0 Å². The van der Waals surface area contributed by atoms with Gasteiger partial charge in [-0.2, -0.15) is 11.8 Å². The first-order chi connectivity index (χ1) is 7.66. The number of thioether (sulfide) groups is 1. The van der Waals surface area contributed by atoms with Crippen molar-refractivity contribution in [3.05, 3.63) is 20.8 Å². The molecule has 0 aliphatic carbocycles. The summed E-state index contributed by atoms with van der Waals surface area (Å²) in [4.78, 5) is 3.53. The molecule has 1 aromatic rings. The summed E-state index contributed by atoms with van der Waals surface area (Å²) >= 11 is 7.10. The van der Waals surface area contributed by atoms with Gasteiger partial charge in [0.1, 0.15) is 0 Å². The van der Waals surface area contributed by atoms with Crippen molar-refractivity contribution in [2.75, 3.05) is 25.1 Å². The van der Waals surface area contributed by atoms with E-state index in [0.717, 1.165) is 23.2 Å². The molecule has 90 valence electrons. The first kappa shape index (κ1) is 12.9. The van der Waals surface area contributed by atoms with Crippen molar-refractivity contribution in [3.8, 4) is 0 Å². The van der Waals surface area contributed by atoms with E-state index in [9.17, 15) is 5.11 Å². The van der Waals surface area contributed by atoms with Gasteiger partial charge in [-0.25, -0.2) is 0 Å². The van der Waals surface area contributed by atoms with Gasteiger partial charge in [-0.05, 0) is 29.0 Å². The highest BCUT2D eigenvalue weighted by atomic mass is 79.9. The minimum Gasteiger partial charge on any atom is -0.391 e. The van der Waals surface area contributed by atoms with E-state index >= 15 is 0 Å². The fourth-order valence-electron chi connectivity index (χ4n) is 1.91. The van der Waals surface area contributed by atoms with Crippen molar-refractivity contribution < 1.29 is 5.11 Å². The fraction of sp³-hybridized carbons (Fsp3) is 0.636. The van der Waals surface area contributed by atoms with E-state index in [0.29, 0.717) is 6.04 Å². The van der Waals surface area contributed by atoms with E-state index in [1.54, 1.807) is 11.3 Å². The molecule has 2 heterocycles. The standard InChI is InChI=1S/C11H16BrNOS2/c1-13-2-3-15-7-10(13)11(14)5-9-4-8(12)6-16-9/h4,6,10-11,14H,2-3,5,7H2,1H3. The van der Waals surface area contributed by atoms with E-state index in [4.69, 9.17) is 0 Å².